The molecule has 5 N–H and O–H groups in total. The maximum absolute atomic E-state index is 13.1. The van der Waals surface area contributed by atoms with Gasteiger partial charge in [-0.2, -0.15) is 0 Å². The summed E-state index contributed by atoms with van der Waals surface area (Å²) in [5.41, 5.74) is -1.39. The zero-order valence-corrected chi connectivity index (χ0v) is 35.3. The first kappa shape index (κ1) is 53.2. The van der Waals surface area contributed by atoms with Crippen molar-refractivity contribution in [1.29, 1.82) is 0 Å². The fourth-order valence-electron chi connectivity index (χ4n) is 4.84. The third kappa shape index (κ3) is 24.7. The second-order valence-corrected chi connectivity index (χ2v) is 16.4. The molecule has 3 rings (SSSR count). The van der Waals surface area contributed by atoms with Crippen molar-refractivity contribution in [3.8, 4) is 0 Å². The Bertz CT molecular complexity index is 1890. The average Bonchev–Trinajstić information content (AvgIpc) is 3.04. The fraction of sp³-hybridized carbons (Fsp3) is 0.452. The van der Waals surface area contributed by atoms with Crippen molar-refractivity contribution in [3.63, 3.8) is 0 Å². The summed E-state index contributed by atoms with van der Waals surface area (Å²) in [5, 5.41) is 25.2. The molecule has 0 aliphatic heterocycles. The van der Waals surface area contributed by atoms with E-state index in [1.54, 1.807) is 62.3 Å². The normalized spacial score (nSPS) is 12.7. The number of carbonyl (C=O) groups is 5. The molecule has 338 valence electrons. The molecule has 0 aliphatic carbocycles. The van der Waals surface area contributed by atoms with E-state index in [9.17, 15) is 55.4 Å². The van der Waals surface area contributed by atoms with E-state index >= 15 is 0 Å². The number of halogens is 6. The number of carbonyl (C=O) groups excluding carboxylic acids is 4. The Morgan fingerprint density at radius 2 is 0.852 bits per heavy atom. The van der Waals surface area contributed by atoms with E-state index in [1.807, 2.05) is 0 Å². The Labute approximate surface area is 350 Å². The minimum Gasteiger partial charge on any atom is -0.480 e. The molecule has 3 aromatic carbocycles. The minimum absolute atomic E-state index is 0.0164. The van der Waals surface area contributed by atoms with Crippen LogP contribution in [0.25, 0.3) is 0 Å². The maximum Gasteiger partial charge on any atom is 0.408 e. The van der Waals surface area contributed by atoms with Crippen molar-refractivity contribution in [1.82, 2.24) is 16.0 Å². The highest BCUT2D eigenvalue weighted by Crippen LogP contribution is 2.15. The van der Waals surface area contributed by atoms with Crippen molar-refractivity contribution in [2.24, 2.45) is 0 Å². The lowest BCUT2D eigenvalue weighted by molar-refractivity contribution is -0.139. The number of hydrogen-bond donors (Lipinski definition) is 5. The standard InChI is InChI=1S/C14H17F2NO4.C14H19F2NO3.C14H17F2NO3/c1-14(2,3)21-13(20)17-11(12(18)19)6-8-4-9(15)7-10(16)5-8;2*1-14(2,3)20-13(19)17-12(8-18)6-9-4-10(15)7-11(16)5-9/h4-5,7,11H,6H2,1-3H3,(H,17,20)(H,18,19);4-5,7,12,18H,6,8H2,1-3H3,(H,17,19);4-5,7-8,12H,6H2,1-3H3,(H,17,19)/t11-;2*12-/m000/s1. The summed E-state index contributed by atoms with van der Waals surface area (Å²) in [4.78, 5) is 56.7. The van der Waals surface area contributed by atoms with Gasteiger partial charge in [0.15, 0.2) is 0 Å². The van der Waals surface area contributed by atoms with Gasteiger partial charge in [0.1, 0.15) is 64.0 Å². The predicted molar refractivity (Wildman–Crippen MR) is 210 cm³/mol. The molecule has 0 saturated carbocycles. The van der Waals surface area contributed by atoms with Crippen molar-refractivity contribution < 1.29 is 74.7 Å². The Balaban J connectivity index is 0.000000458. The molecular weight excluding hydrogens is 820 g/mol. The van der Waals surface area contributed by atoms with Crippen LogP contribution in [-0.2, 0) is 43.1 Å². The first-order valence-electron chi connectivity index (χ1n) is 18.6. The number of aldehydes is 1. The SMILES string of the molecule is CC(C)(C)OC(=O)N[C@@H](Cc1cc(F)cc(F)c1)C(=O)O.CC(C)(C)OC(=O)N[C@H](C=O)Cc1cc(F)cc(F)c1.CC(C)(C)OC(=O)N[C@H](CO)Cc1cc(F)cc(F)c1. The van der Waals surface area contributed by atoms with Crippen LogP contribution in [0.5, 0.6) is 0 Å². The van der Waals surface area contributed by atoms with Crippen LogP contribution in [0, 0.1) is 34.9 Å². The van der Waals surface area contributed by atoms with Crippen LogP contribution >= 0.6 is 0 Å². The molecule has 13 nitrogen and oxygen atoms in total. The molecule has 0 heterocycles. The van der Waals surface area contributed by atoms with Gasteiger partial charge in [-0.15, -0.1) is 0 Å². The molecule has 0 spiro atoms. The summed E-state index contributed by atoms with van der Waals surface area (Å²) >= 11 is 0. The molecule has 0 bridgehead atoms. The number of ether oxygens (including phenoxy) is 3. The molecule has 3 atom stereocenters. The lowest BCUT2D eigenvalue weighted by atomic mass is 10.1. The summed E-state index contributed by atoms with van der Waals surface area (Å²) in [6, 6.07) is 5.79. The van der Waals surface area contributed by atoms with Crippen molar-refractivity contribution in [2.45, 2.75) is 117 Å². The highest BCUT2D eigenvalue weighted by molar-refractivity contribution is 5.80. The van der Waals surface area contributed by atoms with E-state index in [2.05, 4.69) is 16.0 Å². The van der Waals surface area contributed by atoms with Gasteiger partial charge in [-0.3, -0.25) is 0 Å². The average molecular weight is 874 g/mol. The number of aliphatic carboxylic acids is 1. The molecule has 19 heteroatoms. The molecule has 0 fully saturated rings. The van der Waals surface area contributed by atoms with Crippen LogP contribution in [-0.4, -0.2) is 82.3 Å². The van der Waals surface area contributed by atoms with Gasteiger partial charge in [-0.05, 0) is 128 Å². The minimum atomic E-state index is -1.35. The lowest BCUT2D eigenvalue weighted by Crippen LogP contribution is -2.44. The number of rotatable bonds is 12. The van der Waals surface area contributed by atoms with E-state index in [0.717, 1.165) is 48.5 Å². The van der Waals surface area contributed by atoms with Crippen molar-refractivity contribution >= 4 is 30.5 Å². The first-order chi connectivity index (χ1) is 27.9. The Morgan fingerprint density at radius 3 is 1.16 bits per heavy atom. The van der Waals surface area contributed by atoms with E-state index in [-0.39, 0.29) is 37.0 Å². The lowest BCUT2D eigenvalue weighted by Gasteiger charge is -2.22. The Kier molecular flexibility index (Phi) is 20.8. The highest BCUT2D eigenvalue weighted by atomic mass is 19.2. The van der Waals surface area contributed by atoms with Crippen molar-refractivity contribution in [3.05, 3.63) is 106 Å². The number of carboxylic acid groups (broad SMARTS) is 1. The number of amides is 3. The zero-order chi connectivity index (χ0) is 46.9. The molecule has 3 amide bonds. The predicted octanol–water partition coefficient (Wildman–Crippen LogP) is 7.48. The van der Waals surface area contributed by atoms with E-state index in [0.29, 0.717) is 17.9 Å². The smallest absolute Gasteiger partial charge is 0.408 e. The van der Waals surface area contributed by atoms with E-state index in [1.165, 1.54) is 0 Å². The van der Waals surface area contributed by atoms with E-state index in [4.69, 9.17) is 19.3 Å². The maximum atomic E-state index is 13.1. The van der Waals surface area contributed by atoms with Gasteiger partial charge in [0.25, 0.3) is 0 Å². The fourth-order valence-corrected chi connectivity index (χ4v) is 4.84. The molecule has 0 aliphatic rings. The van der Waals surface area contributed by atoms with Gasteiger partial charge < -0.3 is 45.2 Å². The molecule has 0 aromatic heterocycles. The van der Waals surface area contributed by atoms with Crippen LogP contribution < -0.4 is 16.0 Å². The number of carboxylic acids is 1. The highest BCUT2D eigenvalue weighted by Gasteiger charge is 2.25. The summed E-state index contributed by atoms with van der Waals surface area (Å²) < 4.78 is 93.3. The van der Waals surface area contributed by atoms with Crippen LogP contribution in [0.4, 0.5) is 40.7 Å². The van der Waals surface area contributed by atoms with Gasteiger partial charge in [0.2, 0.25) is 0 Å². The topological polar surface area (TPSA) is 190 Å². The third-order valence-corrected chi connectivity index (χ3v) is 6.94. The quantitative estimate of drug-likeness (QED) is 0.0694. The van der Waals surface area contributed by atoms with E-state index < -0.39 is 94.1 Å². The molecule has 0 saturated heterocycles. The van der Waals surface area contributed by atoms with Gasteiger partial charge in [0.05, 0.1) is 18.7 Å². The molecule has 61 heavy (non-hydrogen) atoms. The van der Waals surface area contributed by atoms with Crippen LogP contribution in [0.1, 0.15) is 79.0 Å². The monoisotopic (exact) mass is 873 g/mol. The number of benzene rings is 3. The molecule has 3 aromatic rings. The molecule has 0 radical (unpaired) electrons. The molecular formula is C42H53F6N3O10. The summed E-state index contributed by atoms with van der Waals surface area (Å²) in [6.45, 7) is 14.7. The number of alkyl carbamates (subject to hydrolysis) is 3. The van der Waals surface area contributed by atoms with Crippen LogP contribution in [0.3, 0.4) is 0 Å². The largest absolute Gasteiger partial charge is 0.480 e. The molecule has 0 unspecified atom stereocenters. The van der Waals surface area contributed by atoms with Crippen LogP contribution in [0.15, 0.2) is 54.6 Å². The van der Waals surface area contributed by atoms with Gasteiger partial charge >= 0.3 is 24.2 Å². The number of aliphatic hydroxyl groups excluding tert-OH is 1. The van der Waals surface area contributed by atoms with Crippen LogP contribution in [0.2, 0.25) is 0 Å². The summed E-state index contributed by atoms with van der Waals surface area (Å²) in [5.74, 6) is -5.82. The number of aliphatic hydroxyl groups is 1. The number of hydrogen-bond acceptors (Lipinski definition) is 9. The second kappa shape index (κ2) is 23.8. The summed E-state index contributed by atoms with van der Waals surface area (Å²) in [6.07, 6.45) is -2.04. The first-order valence-corrected chi connectivity index (χ1v) is 18.6. The second-order valence-electron chi connectivity index (χ2n) is 16.4. The third-order valence-electron chi connectivity index (χ3n) is 6.94. The van der Waals surface area contributed by atoms with Gasteiger partial charge in [-0.25, -0.2) is 45.5 Å². The van der Waals surface area contributed by atoms with Crippen molar-refractivity contribution in [2.75, 3.05) is 6.61 Å². The summed E-state index contributed by atoms with van der Waals surface area (Å²) in [7, 11) is 0. The number of nitrogens with one attached hydrogen (secondary N) is 3. The Morgan fingerprint density at radius 1 is 0.541 bits per heavy atom. The zero-order valence-electron chi connectivity index (χ0n) is 35.3. The Hall–Kier alpha value is -5.85. The van der Waals surface area contributed by atoms with Gasteiger partial charge in [0, 0.05) is 24.6 Å². The van der Waals surface area contributed by atoms with Gasteiger partial charge in [-0.1, -0.05) is 0 Å².